The molecule has 0 bridgehead atoms. The minimum absolute atomic E-state index is 0.0313. The molecule has 170 valence electrons. The first-order chi connectivity index (χ1) is 15.5. The number of phenolic OH excluding ortho intramolecular Hbond substituents is 1. The highest BCUT2D eigenvalue weighted by Crippen LogP contribution is 2.32. The molecule has 1 aromatic heterocycles. The summed E-state index contributed by atoms with van der Waals surface area (Å²) in [5.74, 6) is 0.889. The fourth-order valence-electron chi connectivity index (χ4n) is 4.40. The van der Waals surface area contributed by atoms with Crippen molar-refractivity contribution in [2.45, 2.75) is 44.9 Å². The van der Waals surface area contributed by atoms with Crippen LogP contribution in [0, 0.1) is 0 Å². The summed E-state index contributed by atoms with van der Waals surface area (Å²) < 4.78 is 5.32. The summed E-state index contributed by atoms with van der Waals surface area (Å²) in [7, 11) is 1.55. The maximum atomic E-state index is 12.2. The second-order valence-corrected chi connectivity index (χ2v) is 8.58. The zero-order valence-electron chi connectivity index (χ0n) is 18.2. The quantitative estimate of drug-likeness (QED) is 0.616. The third kappa shape index (κ3) is 4.81. The monoisotopic (exact) mass is 457 g/mol. The highest BCUT2D eigenvalue weighted by molar-refractivity contribution is 6.31. The third-order valence-corrected chi connectivity index (χ3v) is 6.39. The standard InChI is InChI=1S/C23H28ClN5O3/c1-3-21(31)29-9-5-4-6-16(29)11-25-22-18-13-28(14-20(18)26-23(27-22)32-2)12-15-10-17(30)7-8-19(15)24/h3,7-8,10,16,30H,1,4-6,9,11-14H2,2H3,(H,25,26,27). The van der Waals surface area contributed by atoms with Crippen LogP contribution in [0.3, 0.4) is 0 Å². The van der Waals surface area contributed by atoms with Crippen LogP contribution in [0.15, 0.2) is 30.9 Å². The van der Waals surface area contributed by atoms with E-state index in [-0.39, 0.29) is 17.7 Å². The summed E-state index contributed by atoms with van der Waals surface area (Å²) in [4.78, 5) is 25.4. The van der Waals surface area contributed by atoms with Crippen molar-refractivity contribution in [2.75, 3.05) is 25.5 Å². The predicted molar refractivity (Wildman–Crippen MR) is 123 cm³/mol. The van der Waals surface area contributed by atoms with E-state index >= 15 is 0 Å². The molecular formula is C23H28ClN5O3. The van der Waals surface area contributed by atoms with Gasteiger partial charge in [-0.1, -0.05) is 18.2 Å². The number of rotatable bonds is 7. The van der Waals surface area contributed by atoms with Crippen molar-refractivity contribution >= 4 is 23.3 Å². The van der Waals surface area contributed by atoms with Crippen LogP contribution in [0.5, 0.6) is 11.8 Å². The van der Waals surface area contributed by atoms with Crippen molar-refractivity contribution < 1.29 is 14.6 Å². The molecule has 0 radical (unpaired) electrons. The first-order valence-corrected chi connectivity index (χ1v) is 11.2. The molecule has 8 nitrogen and oxygen atoms in total. The van der Waals surface area contributed by atoms with Gasteiger partial charge in [0.1, 0.15) is 11.6 Å². The molecule has 2 aromatic rings. The minimum atomic E-state index is -0.0313. The second kappa shape index (κ2) is 9.75. The van der Waals surface area contributed by atoms with Gasteiger partial charge in [-0.15, -0.1) is 0 Å². The van der Waals surface area contributed by atoms with Crippen LogP contribution in [-0.4, -0.2) is 57.0 Å². The summed E-state index contributed by atoms with van der Waals surface area (Å²) in [6.07, 6.45) is 4.43. The number of aromatic nitrogens is 2. The molecule has 1 aromatic carbocycles. The van der Waals surface area contributed by atoms with Crippen molar-refractivity contribution in [1.29, 1.82) is 0 Å². The van der Waals surface area contributed by atoms with Gasteiger partial charge in [-0.05, 0) is 49.1 Å². The number of carbonyl (C=O) groups excluding carboxylic acids is 1. The Hall–Kier alpha value is -2.84. The Morgan fingerprint density at radius 3 is 3.00 bits per heavy atom. The van der Waals surface area contributed by atoms with Gasteiger partial charge in [0, 0.05) is 49.4 Å². The van der Waals surface area contributed by atoms with Gasteiger partial charge in [0.05, 0.1) is 12.8 Å². The molecule has 1 atom stereocenters. The molecular weight excluding hydrogens is 430 g/mol. The van der Waals surface area contributed by atoms with E-state index < -0.39 is 0 Å². The number of fused-ring (bicyclic) bond motifs is 1. The number of halogens is 1. The van der Waals surface area contributed by atoms with E-state index in [1.165, 1.54) is 6.08 Å². The summed E-state index contributed by atoms with van der Waals surface area (Å²) in [5, 5.41) is 13.9. The summed E-state index contributed by atoms with van der Waals surface area (Å²) in [6, 6.07) is 5.37. The Morgan fingerprint density at radius 2 is 2.22 bits per heavy atom. The lowest BCUT2D eigenvalue weighted by atomic mass is 10.0. The molecule has 1 fully saturated rings. The van der Waals surface area contributed by atoms with Crippen LogP contribution in [0.25, 0.3) is 0 Å². The number of hydrogen-bond acceptors (Lipinski definition) is 7. The summed E-state index contributed by atoms with van der Waals surface area (Å²) in [5.41, 5.74) is 2.77. The molecule has 1 amide bonds. The van der Waals surface area contributed by atoms with Gasteiger partial charge in [-0.2, -0.15) is 9.97 Å². The summed E-state index contributed by atoms with van der Waals surface area (Å²) >= 11 is 6.31. The smallest absolute Gasteiger partial charge is 0.318 e. The largest absolute Gasteiger partial charge is 0.508 e. The van der Waals surface area contributed by atoms with Gasteiger partial charge >= 0.3 is 6.01 Å². The van der Waals surface area contributed by atoms with Gasteiger partial charge in [-0.25, -0.2) is 0 Å². The Labute approximate surface area is 192 Å². The Morgan fingerprint density at radius 1 is 1.38 bits per heavy atom. The highest BCUT2D eigenvalue weighted by Gasteiger charge is 2.29. The zero-order valence-corrected chi connectivity index (χ0v) is 18.9. The van der Waals surface area contributed by atoms with Gasteiger partial charge < -0.3 is 20.1 Å². The molecule has 0 spiro atoms. The molecule has 2 aliphatic rings. The number of carbonyl (C=O) groups is 1. The SMILES string of the molecule is C=CC(=O)N1CCCCC1CNc1nc(OC)nc2c1CN(Cc1cc(O)ccc1Cl)C2. The summed E-state index contributed by atoms with van der Waals surface area (Å²) in [6.45, 7) is 6.84. The Balaban J connectivity index is 1.50. The molecule has 2 aliphatic heterocycles. The first-order valence-electron chi connectivity index (χ1n) is 10.8. The van der Waals surface area contributed by atoms with E-state index in [0.717, 1.165) is 48.4 Å². The van der Waals surface area contributed by atoms with Gasteiger partial charge in [0.15, 0.2) is 0 Å². The lowest BCUT2D eigenvalue weighted by molar-refractivity contribution is -0.129. The van der Waals surface area contributed by atoms with Crippen molar-refractivity contribution in [1.82, 2.24) is 19.8 Å². The number of hydrogen-bond donors (Lipinski definition) is 2. The van der Waals surface area contributed by atoms with Crippen LogP contribution in [0.2, 0.25) is 5.02 Å². The molecule has 32 heavy (non-hydrogen) atoms. The molecule has 0 aliphatic carbocycles. The maximum absolute atomic E-state index is 12.2. The first kappa shape index (κ1) is 22.4. The fraction of sp³-hybridized carbons (Fsp3) is 0.435. The number of methoxy groups -OCH3 is 1. The van der Waals surface area contributed by atoms with E-state index in [4.69, 9.17) is 16.3 Å². The van der Waals surface area contributed by atoms with Crippen LogP contribution >= 0.6 is 11.6 Å². The van der Waals surface area contributed by atoms with E-state index in [9.17, 15) is 9.90 Å². The number of anilines is 1. The van der Waals surface area contributed by atoms with Crippen LogP contribution in [0.4, 0.5) is 5.82 Å². The molecule has 0 saturated carbocycles. The number of likely N-dealkylation sites (tertiary alicyclic amines) is 1. The van der Waals surface area contributed by atoms with E-state index in [2.05, 4.69) is 26.8 Å². The Kier molecular flexibility index (Phi) is 6.81. The van der Waals surface area contributed by atoms with Crippen molar-refractivity contribution in [3.05, 3.63) is 52.7 Å². The van der Waals surface area contributed by atoms with Crippen molar-refractivity contribution in [2.24, 2.45) is 0 Å². The number of phenols is 1. The van der Waals surface area contributed by atoms with E-state index in [0.29, 0.717) is 37.2 Å². The topological polar surface area (TPSA) is 90.8 Å². The number of benzene rings is 1. The fourth-order valence-corrected chi connectivity index (χ4v) is 4.58. The predicted octanol–water partition coefficient (Wildman–Crippen LogP) is 3.34. The average Bonchev–Trinajstić information content (AvgIpc) is 3.21. The number of aromatic hydroxyl groups is 1. The molecule has 4 rings (SSSR count). The van der Waals surface area contributed by atoms with Crippen LogP contribution in [-0.2, 0) is 24.4 Å². The molecule has 2 N–H and O–H groups in total. The van der Waals surface area contributed by atoms with Crippen molar-refractivity contribution in [3.63, 3.8) is 0 Å². The number of nitrogens with one attached hydrogen (secondary N) is 1. The number of ether oxygens (including phenoxy) is 1. The van der Waals surface area contributed by atoms with Gasteiger partial charge in [0.25, 0.3) is 0 Å². The number of amides is 1. The molecule has 9 heteroatoms. The van der Waals surface area contributed by atoms with Crippen molar-refractivity contribution in [3.8, 4) is 11.8 Å². The van der Waals surface area contributed by atoms with E-state index in [1.807, 2.05) is 4.90 Å². The lowest BCUT2D eigenvalue weighted by Gasteiger charge is -2.35. The second-order valence-electron chi connectivity index (χ2n) is 8.17. The Bertz CT molecular complexity index is 1020. The van der Waals surface area contributed by atoms with Gasteiger partial charge in [0.2, 0.25) is 5.91 Å². The van der Waals surface area contributed by atoms with Crippen LogP contribution < -0.4 is 10.1 Å². The highest BCUT2D eigenvalue weighted by atomic mass is 35.5. The van der Waals surface area contributed by atoms with Crippen LogP contribution in [0.1, 0.15) is 36.1 Å². The third-order valence-electron chi connectivity index (χ3n) is 6.02. The lowest BCUT2D eigenvalue weighted by Crippen LogP contribution is -2.46. The molecule has 1 saturated heterocycles. The number of nitrogens with zero attached hydrogens (tertiary/aromatic N) is 4. The zero-order chi connectivity index (χ0) is 22.7. The van der Waals surface area contributed by atoms with E-state index in [1.54, 1.807) is 25.3 Å². The molecule has 3 heterocycles. The number of piperidine rings is 1. The van der Waals surface area contributed by atoms with Gasteiger partial charge in [-0.3, -0.25) is 9.69 Å². The minimum Gasteiger partial charge on any atom is -0.508 e. The average molecular weight is 458 g/mol. The molecule has 1 unspecified atom stereocenters. The normalized spacial score (nSPS) is 18.3. The maximum Gasteiger partial charge on any atom is 0.318 e.